The van der Waals surface area contributed by atoms with Gasteiger partial charge in [-0.15, -0.1) is 0 Å². The molecule has 2 heterocycles. The molecule has 122 valence electrons. The molecule has 7 heteroatoms. The van der Waals surface area contributed by atoms with E-state index < -0.39 is 6.03 Å². The molecule has 1 aliphatic heterocycles. The number of nitrogens with zero attached hydrogens (tertiary/aromatic N) is 2. The van der Waals surface area contributed by atoms with Crippen LogP contribution in [-0.4, -0.2) is 55.5 Å². The highest BCUT2D eigenvalue weighted by molar-refractivity contribution is 7.07. The van der Waals surface area contributed by atoms with Gasteiger partial charge in [0.1, 0.15) is 0 Å². The van der Waals surface area contributed by atoms with Crippen LogP contribution in [0.25, 0.3) is 0 Å². The first-order valence-electron chi connectivity index (χ1n) is 7.49. The maximum atomic E-state index is 12.3. The molecule has 1 aliphatic rings. The van der Waals surface area contributed by atoms with E-state index in [0.29, 0.717) is 32.5 Å². The Morgan fingerprint density at radius 1 is 1.45 bits per heavy atom. The molecular weight excluding hydrogens is 300 g/mol. The molecule has 1 aromatic rings. The van der Waals surface area contributed by atoms with Gasteiger partial charge in [0.25, 0.3) is 0 Å². The predicted octanol–water partition coefficient (Wildman–Crippen LogP) is 1.26. The van der Waals surface area contributed by atoms with Gasteiger partial charge in [0, 0.05) is 25.6 Å². The molecule has 0 saturated carbocycles. The van der Waals surface area contributed by atoms with Gasteiger partial charge >= 0.3 is 6.03 Å². The summed E-state index contributed by atoms with van der Waals surface area (Å²) in [6, 6.07) is 1.87. The lowest BCUT2D eigenvalue weighted by Crippen LogP contribution is -2.46. The lowest BCUT2D eigenvalue weighted by atomic mass is 9.96. The highest BCUT2D eigenvalue weighted by atomic mass is 32.1. The summed E-state index contributed by atoms with van der Waals surface area (Å²) in [5.41, 5.74) is 6.48. The Morgan fingerprint density at radius 3 is 2.64 bits per heavy atom. The largest absolute Gasteiger partial charge is 0.354 e. The van der Waals surface area contributed by atoms with Crippen LogP contribution in [0.5, 0.6) is 0 Å². The maximum absolute atomic E-state index is 12.3. The molecule has 2 rings (SSSR count). The highest BCUT2D eigenvalue weighted by Gasteiger charge is 2.27. The summed E-state index contributed by atoms with van der Waals surface area (Å²) in [5, 5.41) is 7.22. The molecule has 1 saturated heterocycles. The fourth-order valence-corrected chi connectivity index (χ4v) is 3.47. The summed E-state index contributed by atoms with van der Waals surface area (Å²) >= 11 is 1.66. The van der Waals surface area contributed by atoms with E-state index in [1.165, 1.54) is 5.56 Å². The van der Waals surface area contributed by atoms with Gasteiger partial charge in [0.15, 0.2) is 0 Å². The zero-order chi connectivity index (χ0) is 16.1. The molecule has 3 N–H and O–H groups in total. The van der Waals surface area contributed by atoms with Crippen molar-refractivity contribution in [1.29, 1.82) is 0 Å². The number of urea groups is 1. The predicted molar refractivity (Wildman–Crippen MR) is 87.6 cm³/mol. The number of piperidine rings is 1. The van der Waals surface area contributed by atoms with Crippen LogP contribution in [0.15, 0.2) is 16.8 Å². The van der Waals surface area contributed by atoms with E-state index in [2.05, 4.69) is 21.7 Å². The summed E-state index contributed by atoms with van der Waals surface area (Å²) in [6.07, 6.45) is 1.36. The number of hydrogen-bond donors (Lipinski definition) is 2. The summed E-state index contributed by atoms with van der Waals surface area (Å²) in [4.78, 5) is 27.1. The standard InChI is InChI=1S/C15H24N4O2S/c1-18(2)13(12-5-8-22-10-12)9-17-14(20)11-3-6-19(7-4-11)15(16)21/h5,8,10-11,13H,3-4,6-7,9H2,1-2H3,(H2,16,21)(H,17,20). The van der Waals surface area contributed by atoms with Crippen molar-refractivity contribution >= 4 is 23.3 Å². The highest BCUT2D eigenvalue weighted by Crippen LogP contribution is 2.21. The second kappa shape index (κ2) is 7.60. The summed E-state index contributed by atoms with van der Waals surface area (Å²) in [7, 11) is 4.03. The van der Waals surface area contributed by atoms with Crippen molar-refractivity contribution in [2.45, 2.75) is 18.9 Å². The molecule has 0 spiro atoms. The van der Waals surface area contributed by atoms with Gasteiger partial charge in [0.2, 0.25) is 5.91 Å². The number of nitrogens with two attached hydrogens (primary N) is 1. The van der Waals surface area contributed by atoms with E-state index in [0.717, 1.165) is 0 Å². The zero-order valence-electron chi connectivity index (χ0n) is 13.1. The average molecular weight is 324 g/mol. The first kappa shape index (κ1) is 16.8. The third-order valence-electron chi connectivity index (χ3n) is 4.20. The van der Waals surface area contributed by atoms with E-state index in [9.17, 15) is 9.59 Å². The van der Waals surface area contributed by atoms with Crippen molar-refractivity contribution in [2.24, 2.45) is 11.7 Å². The molecule has 1 unspecified atom stereocenters. The topological polar surface area (TPSA) is 78.7 Å². The molecule has 1 aromatic heterocycles. The monoisotopic (exact) mass is 324 g/mol. The fraction of sp³-hybridized carbons (Fsp3) is 0.600. The molecule has 3 amide bonds. The number of likely N-dealkylation sites (N-methyl/N-ethyl adjacent to an activating group) is 1. The Balaban J connectivity index is 1.83. The van der Waals surface area contributed by atoms with E-state index >= 15 is 0 Å². The van der Waals surface area contributed by atoms with E-state index in [-0.39, 0.29) is 17.9 Å². The van der Waals surface area contributed by atoms with Gasteiger partial charge in [-0.05, 0) is 49.3 Å². The number of amides is 3. The van der Waals surface area contributed by atoms with Gasteiger partial charge in [-0.25, -0.2) is 4.79 Å². The number of rotatable bonds is 5. The summed E-state index contributed by atoms with van der Waals surface area (Å²) < 4.78 is 0. The lowest BCUT2D eigenvalue weighted by Gasteiger charge is -2.31. The van der Waals surface area contributed by atoms with Crippen molar-refractivity contribution in [1.82, 2.24) is 15.1 Å². The number of thiophene rings is 1. The number of hydrogen-bond acceptors (Lipinski definition) is 4. The lowest BCUT2D eigenvalue weighted by molar-refractivity contribution is -0.126. The Labute approximate surface area is 135 Å². The van der Waals surface area contributed by atoms with Crippen LogP contribution >= 0.6 is 11.3 Å². The van der Waals surface area contributed by atoms with E-state index in [1.807, 2.05) is 19.5 Å². The van der Waals surface area contributed by atoms with Crippen molar-refractivity contribution in [2.75, 3.05) is 33.7 Å². The molecule has 6 nitrogen and oxygen atoms in total. The molecule has 0 radical (unpaired) electrons. The van der Waals surface area contributed by atoms with Gasteiger partial charge in [-0.1, -0.05) is 0 Å². The minimum Gasteiger partial charge on any atom is -0.354 e. The Kier molecular flexibility index (Phi) is 5.79. The van der Waals surface area contributed by atoms with Gasteiger partial charge < -0.3 is 20.9 Å². The SMILES string of the molecule is CN(C)C(CNC(=O)C1CCN(C(N)=O)CC1)c1ccsc1. The van der Waals surface area contributed by atoms with Crippen LogP contribution in [0.2, 0.25) is 0 Å². The van der Waals surface area contributed by atoms with Gasteiger partial charge in [-0.3, -0.25) is 4.79 Å². The molecule has 1 atom stereocenters. The van der Waals surface area contributed by atoms with Gasteiger partial charge in [0.05, 0.1) is 6.04 Å². The second-order valence-corrected chi connectivity index (χ2v) is 6.66. The van der Waals surface area contributed by atoms with Crippen LogP contribution in [0.3, 0.4) is 0 Å². The number of primary amides is 1. The van der Waals surface area contributed by atoms with E-state index in [1.54, 1.807) is 16.2 Å². The molecule has 0 aromatic carbocycles. The Bertz CT molecular complexity index is 496. The van der Waals surface area contributed by atoms with Crippen LogP contribution in [0.1, 0.15) is 24.4 Å². The molecule has 0 bridgehead atoms. The fourth-order valence-electron chi connectivity index (χ4n) is 2.77. The first-order chi connectivity index (χ1) is 10.5. The third-order valence-corrected chi connectivity index (χ3v) is 4.90. The smallest absolute Gasteiger partial charge is 0.314 e. The van der Waals surface area contributed by atoms with Crippen LogP contribution in [0, 0.1) is 5.92 Å². The van der Waals surface area contributed by atoms with Crippen molar-refractivity contribution in [3.05, 3.63) is 22.4 Å². The molecule has 1 fully saturated rings. The Morgan fingerprint density at radius 2 is 2.14 bits per heavy atom. The van der Waals surface area contributed by atoms with Crippen LogP contribution < -0.4 is 11.1 Å². The molecule has 0 aliphatic carbocycles. The second-order valence-electron chi connectivity index (χ2n) is 5.88. The third kappa shape index (κ3) is 4.20. The average Bonchev–Trinajstić information content (AvgIpc) is 3.01. The zero-order valence-corrected chi connectivity index (χ0v) is 13.9. The number of likely N-dealkylation sites (tertiary alicyclic amines) is 1. The minimum absolute atomic E-state index is 0.0270. The summed E-state index contributed by atoms with van der Waals surface area (Å²) in [5.74, 6) is 0.0482. The minimum atomic E-state index is -0.399. The van der Waals surface area contributed by atoms with Crippen LogP contribution in [-0.2, 0) is 4.79 Å². The molecule has 22 heavy (non-hydrogen) atoms. The first-order valence-corrected chi connectivity index (χ1v) is 8.44. The van der Waals surface area contributed by atoms with Crippen LogP contribution in [0.4, 0.5) is 4.79 Å². The number of nitrogens with one attached hydrogen (secondary N) is 1. The van der Waals surface area contributed by atoms with Crippen molar-refractivity contribution in [3.8, 4) is 0 Å². The number of carbonyl (C=O) groups excluding carboxylic acids is 2. The maximum Gasteiger partial charge on any atom is 0.314 e. The number of carbonyl (C=O) groups is 2. The van der Waals surface area contributed by atoms with Crippen molar-refractivity contribution in [3.63, 3.8) is 0 Å². The Hall–Kier alpha value is -1.60. The van der Waals surface area contributed by atoms with E-state index in [4.69, 9.17) is 5.73 Å². The molecular formula is C15H24N4O2S. The summed E-state index contributed by atoms with van der Waals surface area (Å²) in [6.45, 7) is 1.72. The van der Waals surface area contributed by atoms with Crippen molar-refractivity contribution < 1.29 is 9.59 Å². The quantitative estimate of drug-likeness (QED) is 0.856. The van der Waals surface area contributed by atoms with Gasteiger partial charge in [-0.2, -0.15) is 11.3 Å². The normalized spacial score (nSPS) is 17.5.